The van der Waals surface area contributed by atoms with E-state index in [4.69, 9.17) is 5.73 Å². The van der Waals surface area contributed by atoms with E-state index in [9.17, 15) is 0 Å². The van der Waals surface area contributed by atoms with Gasteiger partial charge in [-0.1, -0.05) is 43.5 Å². The van der Waals surface area contributed by atoms with Crippen molar-refractivity contribution >= 4 is 0 Å². The highest BCUT2D eigenvalue weighted by atomic mass is 15.2. The first-order valence-electron chi connectivity index (χ1n) is 7.79. The normalized spacial score (nSPS) is 27.7. The lowest BCUT2D eigenvalue weighted by Gasteiger charge is -2.33. The van der Waals surface area contributed by atoms with Gasteiger partial charge in [0.15, 0.2) is 0 Å². The Morgan fingerprint density at radius 3 is 2.63 bits per heavy atom. The number of likely N-dealkylation sites (N-methyl/N-ethyl adjacent to an activating group) is 1. The molecule has 2 atom stereocenters. The first-order chi connectivity index (χ1) is 9.25. The second kappa shape index (κ2) is 5.64. The molecule has 2 aliphatic rings. The van der Waals surface area contributed by atoms with Crippen molar-refractivity contribution in [2.24, 2.45) is 11.7 Å². The van der Waals surface area contributed by atoms with Crippen molar-refractivity contribution in [3.05, 3.63) is 35.4 Å². The quantitative estimate of drug-likeness (QED) is 0.902. The zero-order chi connectivity index (χ0) is 13.2. The maximum absolute atomic E-state index is 6.45. The van der Waals surface area contributed by atoms with E-state index in [1.54, 1.807) is 0 Å². The standard InChI is InChI=1S/C17H26N2/c1-19(12-13-7-3-2-4-8-13)16-11-14-9-5-6-10-15(14)17(16)18/h5-6,9-10,13,16-17H,2-4,7-8,11-12,18H2,1H3. The van der Waals surface area contributed by atoms with Gasteiger partial charge < -0.3 is 10.6 Å². The van der Waals surface area contributed by atoms with E-state index in [0.717, 1.165) is 12.3 Å². The average Bonchev–Trinajstić information content (AvgIpc) is 2.78. The number of hydrogen-bond acceptors (Lipinski definition) is 2. The Hall–Kier alpha value is -0.860. The van der Waals surface area contributed by atoms with Gasteiger partial charge in [0.25, 0.3) is 0 Å². The molecule has 0 aliphatic heterocycles. The summed E-state index contributed by atoms with van der Waals surface area (Å²) in [7, 11) is 2.27. The lowest BCUT2D eigenvalue weighted by Crippen LogP contribution is -2.41. The van der Waals surface area contributed by atoms with Gasteiger partial charge in [-0.3, -0.25) is 0 Å². The maximum Gasteiger partial charge on any atom is 0.0459 e. The van der Waals surface area contributed by atoms with Crippen molar-refractivity contribution in [1.29, 1.82) is 0 Å². The van der Waals surface area contributed by atoms with E-state index in [-0.39, 0.29) is 6.04 Å². The van der Waals surface area contributed by atoms with Crippen molar-refractivity contribution in [2.75, 3.05) is 13.6 Å². The molecule has 0 radical (unpaired) electrons. The zero-order valence-electron chi connectivity index (χ0n) is 12.0. The molecule has 1 fully saturated rings. The molecule has 2 nitrogen and oxygen atoms in total. The van der Waals surface area contributed by atoms with Crippen LogP contribution in [0.4, 0.5) is 0 Å². The van der Waals surface area contributed by atoms with Gasteiger partial charge in [0.1, 0.15) is 0 Å². The summed E-state index contributed by atoms with van der Waals surface area (Å²) in [5.41, 5.74) is 9.27. The minimum atomic E-state index is 0.199. The topological polar surface area (TPSA) is 29.3 Å². The number of benzene rings is 1. The number of fused-ring (bicyclic) bond motifs is 1. The third-order valence-corrected chi connectivity index (χ3v) is 5.09. The largest absolute Gasteiger partial charge is 0.323 e. The van der Waals surface area contributed by atoms with E-state index >= 15 is 0 Å². The Kier molecular flexibility index (Phi) is 3.90. The molecular formula is C17H26N2. The van der Waals surface area contributed by atoms with Gasteiger partial charge in [-0.25, -0.2) is 0 Å². The SMILES string of the molecule is CN(CC1CCCCC1)C1Cc2ccccc2C1N. The molecule has 2 heteroatoms. The molecule has 19 heavy (non-hydrogen) atoms. The summed E-state index contributed by atoms with van der Waals surface area (Å²) in [4.78, 5) is 2.53. The molecule has 2 N–H and O–H groups in total. The fraction of sp³-hybridized carbons (Fsp3) is 0.647. The van der Waals surface area contributed by atoms with Crippen LogP contribution in [0.5, 0.6) is 0 Å². The Labute approximate surface area is 117 Å². The van der Waals surface area contributed by atoms with Crippen LogP contribution in [0.25, 0.3) is 0 Å². The number of nitrogens with two attached hydrogens (primary N) is 1. The van der Waals surface area contributed by atoms with Crippen molar-refractivity contribution in [1.82, 2.24) is 4.90 Å². The van der Waals surface area contributed by atoms with Crippen molar-refractivity contribution in [2.45, 2.75) is 50.6 Å². The molecule has 2 aliphatic carbocycles. The summed E-state index contributed by atoms with van der Waals surface area (Å²) in [6, 6.07) is 9.39. The molecule has 0 spiro atoms. The summed E-state index contributed by atoms with van der Waals surface area (Å²) in [6.45, 7) is 1.23. The van der Waals surface area contributed by atoms with Gasteiger partial charge in [0.05, 0.1) is 0 Å². The van der Waals surface area contributed by atoms with Crippen LogP contribution in [-0.4, -0.2) is 24.5 Å². The monoisotopic (exact) mass is 258 g/mol. The van der Waals surface area contributed by atoms with Crippen LogP contribution in [0.2, 0.25) is 0 Å². The Balaban J connectivity index is 1.64. The predicted molar refractivity (Wildman–Crippen MR) is 80.1 cm³/mol. The highest BCUT2D eigenvalue weighted by Crippen LogP contribution is 2.33. The van der Waals surface area contributed by atoms with Crippen LogP contribution >= 0.6 is 0 Å². The minimum absolute atomic E-state index is 0.199. The molecule has 0 heterocycles. The van der Waals surface area contributed by atoms with Crippen LogP contribution in [0.15, 0.2) is 24.3 Å². The molecule has 1 aromatic rings. The molecule has 104 valence electrons. The second-order valence-corrected chi connectivity index (χ2v) is 6.44. The van der Waals surface area contributed by atoms with Gasteiger partial charge >= 0.3 is 0 Å². The first kappa shape index (κ1) is 13.1. The van der Waals surface area contributed by atoms with E-state index in [0.29, 0.717) is 6.04 Å². The van der Waals surface area contributed by atoms with Crippen molar-refractivity contribution in [3.63, 3.8) is 0 Å². The molecule has 0 saturated heterocycles. The summed E-state index contributed by atoms with van der Waals surface area (Å²) in [6.07, 6.45) is 8.25. The average molecular weight is 258 g/mol. The Bertz CT molecular complexity index is 423. The number of hydrogen-bond donors (Lipinski definition) is 1. The maximum atomic E-state index is 6.45. The molecule has 0 amide bonds. The van der Waals surface area contributed by atoms with E-state index in [1.807, 2.05) is 0 Å². The molecule has 3 rings (SSSR count). The van der Waals surface area contributed by atoms with E-state index in [2.05, 4.69) is 36.2 Å². The van der Waals surface area contributed by atoms with Crippen LogP contribution in [0, 0.1) is 5.92 Å². The van der Waals surface area contributed by atoms with Gasteiger partial charge in [0, 0.05) is 18.6 Å². The lowest BCUT2D eigenvalue weighted by molar-refractivity contribution is 0.169. The van der Waals surface area contributed by atoms with Crippen LogP contribution in [-0.2, 0) is 6.42 Å². The molecule has 1 aromatic carbocycles. The number of rotatable bonds is 3. The molecule has 0 bridgehead atoms. The van der Waals surface area contributed by atoms with E-state index < -0.39 is 0 Å². The first-order valence-corrected chi connectivity index (χ1v) is 7.79. The summed E-state index contributed by atoms with van der Waals surface area (Å²) in [5, 5.41) is 0. The second-order valence-electron chi connectivity index (χ2n) is 6.44. The molecular weight excluding hydrogens is 232 g/mol. The Morgan fingerprint density at radius 1 is 1.16 bits per heavy atom. The third-order valence-electron chi connectivity index (χ3n) is 5.09. The third kappa shape index (κ3) is 2.70. The van der Waals surface area contributed by atoms with Gasteiger partial charge in [-0.2, -0.15) is 0 Å². The molecule has 2 unspecified atom stereocenters. The smallest absolute Gasteiger partial charge is 0.0459 e. The lowest BCUT2D eigenvalue weighted by atomic mass is 9.88. The fourth-order valence-electron chi connectivity index (χ4n) is 3.95. The minimum Gasteiger partial charge on any atom is -0.323 e. The molecule has 1 saturated carbocycles. The molecule has 0 aromatic heterocycles. The van der Waals surface area contributed by atoms with Gasteiger partial charge in [0.2, 0.25) is 0 Å². The highest BCUT2D eigenvalue weighted by Gasteiger charge is 2.32. The van der Waals surface area contributed by atoms with Crippen molar-refractivity contribution in [3.8, 4) is 0 Å². The summed E-state index contributed by atoms with van der Waals surface area (Å²) < 4.78 is 0. The highest BCUT2D eigenvalue weighted by molar-refractivity contribution is 5.36. The van der Waals surface area contributed by atoms with Gasteiger partial charge in [-0.15, -0.1) is 0 Å². The summed E-state index contributed by atoms with van der Waals surface area (Å²) >= 11 is 0. The zero-order valence-corrected chi connectivity index (χ0v) is 12.0. The Morgan fingerprint density at radius 2 is 1.89 bits per heavy atom. The van der Waals surface area contributed by atoms with Crippen molar-refractivity contribution < 1.29 is 0 Å². The van der Waals surface area contributed by atoms with Crippen LogP contribution < -0.4 is 5.73 Å². The fourth-order valence-corrected chi connectivity index (χ4v) is 3.95. The summed E-state index contributed by atoms with van der Waals surface area (Å²) in [5.74, 6) is 0.898. The van der Waals surface area contributed by atoms with Crippen LogP contribution in [0.1, 0.15) is 49.3 Å². The van der Waals surface area contributed by atoms with E-state index in [1.165, 1.54) is 49.8 Å². The predicted octanol–water partition coefficient (Wildman–Crippen LogP) is 3.12. The van der Waals surface area contributed by atoms with Gasteiger partial charge in [-0.05, 0) is 43.4 Å². The number of nitrogens with zero attached hydrogens (tertiary/aromatic N) is 1. The van der Waals surface area contributed by atoms with Crippen LogP contribution in [0.3, 0.4) is 0 Å².